The predicted octanol–water partition coefficient (Wildman–Crippen LogP) is 0.444. The number of carbonyl (C=O) groups is 2. The van der Waals surface area contributed by atoms with Gasteiger partial charge in [0.1, 0.15) is 6.10 Å². The molecule has 1 aliphatic carbocycles. The topological polar surface area (TPSA) is 63.6 Å². The third-order valence-corrected chi connectivity index (χ3v) is 3.13. The summed E-state index contributed by atoms with van der Waals surface area (Å²) in [6.07, 6.45) is 3.36. The molecule has 1 unspecified atom stereocenters. The minimum absolute atomic E-state index is 0.0445. The Morgan fingerprint density at radius 1 is 1.60 bits per heavy atom. The number of allylic oxidation sites excluding steroid dienone is 1. The van der Waals surface area contributed by atoms with E-state index in [1.807, 2.05) is 0 Å². The Morgan fingerprint density at radius 2 is 2.33 bits per heavy atom. The molecule has 0 aromatic heterocycles. The van der Waals surface area contributed by atoms with E-state index < -0.39 is 6.10 Å². The van der Waals surface area contributed by atoms with Crippen LogP contribution in [-0.4, -0.2) is 29.1 Å². The summed E-state index contributed by atoms with van der Waals surface area (Å²) in [4.78, 5) is 21.8. The Morgan fingerprint density at radius 3 is 3.00 bits per heavy atom. The van der Waals surface area contributed by atoms with Gasteiger partial charge in [-0.1, -0.05) is 6.08 Å². The maximum Gasteiger partial charge on any atom is 0.306 e. The van der Waals surface area contributed by atoms with Crippen LogP contribution >= 0.6 is 0 Å². The number of fused-ring (bicyclic) bond motifs is 1. The molecule has 2 fully saturated rings. The lowest BCUT2D eigenvalue weighted by Crippen LogP contribution is -2.17. The van der Waals surface area contributed by atoms with E-state index in [-0.39, 0.29) is 29.7 Å². The van der Waals surface area contributed by atoms with Gasteiger partial charge in [0.15, 0.2) is 5.78 Å². The fraction of sp³-hybridized carbons (Fsp3) is 0.636. The fourth-order valence-corrected chi connectivity index (χ4v) is 2.43. The number of ether oxygens (including phenoxy) is 1. The summed E-state index contributed by atoms with van der Waals surface area (Å²) in [5.74, 6) is -0.317. The van der Waals surface area contributed by atoms with Crippen LogP contribution in [0.15, 0.2) is 12.2 Å². The number of carbonyl (C=O) groups excluding carboxylic acids is 2. The van der Waals surface area contributed by atoms with Crippen molar-refractivity contribution < 1.29 is 19.4 Å². The van der Waals surface area contributed by atoms with Gasteiger partial charge in [-0.2, -0.15) is 0 Å². The molecule has 1 N–H and O–H groups in total. The number of rotatable bonds is 2. The summed E-state index contributed by atoms with van der Waals surface area (Å²) in [6, 6.07) is 0. The molecule has 2 rings (SSSR count). The molecule has 2 aliphatic rings. The van der Waals surface area contributed by atoms with Crippen LogP contribution in [0.4, 0.5) is 0 Å². The van der Waals surface area contributed by atoms with Gasteiger partial charge in [-0.3, -0.25) is 9.59 Å². The molecule has 82 valence electrons. The van der Waals surface area contributed by atoms with Crippen molar-refractivity contribution in [3.8, 4) is 0 Å². The van der Waals surface area contributed by atoms with Gasteiger partial charge in [0.05, 0.1) is 12.5 Å². The number of hydrogen-bond acceptors (Lipinski definition) is 4. The molecule has 4 atom stereocenters. The van der Waals surface area contributed by atoms with E-state index in [1.54, 1.807) is 6.08 Å². The second kappa shape index (κ2) is 3.77. The van der Waals surface area contributed by atoms with Crippen LogP contribution in [-0.2, 0) is 14.3 Å². The van der Waals surface area contributed by atoms with E-state index in [4.69, 9.17) is 4.74 Å². The first-order valence-electron chi connectivity index (χ1n) is 5.14. The molecule has 1 saturated heterocycles. The average molecular weight is 210 g/mol. The Kier molecular flexibility index (Phi) is 2.61. The number of aliphatic hydroxyl groups excluding tert-OH is 1. The first kappa shape index (κ1) is 10.4. The lowest BCUT2D eigenvalue weighted by molar-refractivity contribution is -0.141. The van der Waals surface area contributed by atoms with Crippen LogP contribution in [0, 0.1) is 11.8 Å². The Balaban J connectivity index is 2.10. The molecule has 0 amide bonds. The van der Waals surface area contributed by atoms with Crippen LogP contribution < -0.4 is 0 Å². The highest BCUT2D eigenvalue weighted by Crippen LogP contribution is 2.41. The lowest BCUT2D eigenvalue weighted by atomic mass is 9.91. The maximum absolute atomic E-state index is 11.1. The molecule has 1 aliphatic heterocycles. The molecule has 0 spiro atoms. The van der Waals surface area contributed by atoms with Crippen LogP contribution in [0.25, 0.3) is 0 Å². The zero-order valence-electron chi connectivity index (χ0n) is 8.55. The predicted molar refractivity (Wildman–Crippen MR) is 51.9 cm³/mol. The SMILES string of the molecule is CC(=O)/C=C/[C@H]1[C@H](O)CC2OC(=O)C[C@@H]21. The van der Waals surface area contributed by atoms with E-state index in [0.717, 1.165) is 0 Å². The maximum atomic E-state index is 11.1. The first-order valence-corrected chi connectivity index (χ1v) is 5.14. The molecular formula is C11H14O4. The standard InChI is InChI=1S/C11H14O4/c1-6(12)2-3-7-8-4-11(14)15-10(8)5-9(7)13/h2-3,7-10,13H,4-5H2,1H3/b3-2+/t7-,8-,9-,10?/m1/s1. The van der Waals surface area contributed by atoms with E-state index in [1.165, 1.54) is 13.0 Å². The summed E-state index contributed by atoms with van der Waals surface area (Å²) in [5, 5.41) is 9.74. The summed E-state index contributed by atoms with van der Waals surface area (Å²) < 4.78 is 5.07. The minimum Gasteiger partial charge on any atom is -0.462 e. The van der Waals surface area contributed by atoms with E-state index in [0.29, 0.717) is 12.8 Å². The average Bonchev–Trinajstić information content (AvgIpc) is 2.57. The third-order valence-electron chi connectivity index (χ3n) is 3.13. The molecule has 0 radical (unpaired) electrons. The van der Waals surface area contributed by atoms with Crippen molar-refractivity contribution >= 4 is 11.8 Å². The van der Waals surface area contributed by atoms with Crippen LogP contribution in [0.5, 0.6) is 0 Å². The van der Waals surface area contributed by atoms with Gasteiger partial charge in [0.2, 0.25) is 0 Å². The molecule has 0 aromatic carbocycles. The highest BCUT2D eigenvalue weighted by atomic mass is 16.6. The largest absolute Gasteiger partial charge is 0.462 e. The van der Waals surface area contributed by atoms with Crippen LogP contribution in [0.3, 0.4) is 0 Å². The minimum atomic E-state index is -0.497. The van der Waals surface area contributed by atoms with Crippen molar-refractivity contribution in [1.82, 2.24) is 0 Å². The number of hydrogen-bond donors (Lipinski definition) is 1. The Labute approximate surface area is 87.9 Å². The zero-order valence-corrected chi connectivity index (χ0v) is 8.55. The van der Waals surface area contributed by atoms with Gasteiger partial charge < -0.3 is 9.84 Å². The quantitative estimate of drug-likeness (QED) is 0.530. The Hall–Kier alpha value is -1.16. The van der Waals surface area contributed by atoms with Crippen LogP contribution in [0.1, 0.15) is 19.8 Å². The van der Waals surface area contributed by atoms with Crippen LogP contribution in [0.2, 0.25) is 0 Å². The molecule has 4 nitrogen and oxygen atoms in total. The van der Waals surface area contributed by atoms with E-state index in [9.17, 15) is 14.7 Å². The van der Waals surface area contributed by atoms with Crippen molar-refractivity contribution in [3.63, 3.8) is 0 Å². The van der Waals surface area contributed by atoms with E-state index in [2.05, 4.69) is 0 Å². The normalized spacial score (nSPS) is 39.5. The summed E-state index contributed by atoms with van der Waals surface area (Å²) in [6.45, 7) is 1.46. The van der Waals surface area contributed by atoms with Gasteiger partial charge >= 0.3 is 5.97 Å². The lowest BCUT2D eigenvalue weighted by Gasteiger charge is -2.13. The highest BCUT2D eigenvalue weighted by Gasteiger charge is 2.48. The first-order chi connectivity index (χ1) is 7.08. The van der Waals surface area contributed by atoms with Gasteiger partial charge in [-0.05, 0) is 13.0 Å². The number of esters is 1. The molecule has 0 aromatic rings. The van der Waals surface area contributed by atoms with E-state index >= 15 is 0 Å². The van der Waals surface area contributed by atoms with Crippen molar-refractivity contribution in [2.75, 3.05) is 0 Å². The summed E-state index contributed by atoms with van der Waals surface area (Å²) in [5.41, 5.74) is 0. The van der Waals surface area contributed by atoms with Crippen molar-refractivity contribution in [3.05, 3.63) is 12.2 Å². The van der Waals surface area contributed by atoms with Crippen molar-refractivity contribution in [2.24, 2.45) is 11.8 Å². The molecule has 1 saturated carbocycles. The molecule has 1 heterocycles. The molecule has 0 bridgehead atoms. The van der Waals surface area contributed by atoms with Crippen molar-refractivity contribution in [2.45, 2.75) is 32.0 Å². The number of ketones is 1. The van der Waals surface area contributed by atoms with Crippen molar-refractivity contribution in [1.29, 1.82) is 0 Å². The third kappa shape index (κ3) is 1.95. The van der Waals surface area contributed by atoms with Gasteiger partial charge in [0, 0.05) is 18.3 Å². The van der Waals surface area contributed by atoms with Gasteiger partial charge in [-0.15, -0.1) is 0 Å². The second-order valence-electron chi connectivity index (χ2n) is 4.25. The Bertz CT molecular complexity index is 321. The fourth-order valence-electron chi connectivity index (χ4n) is 2.43. The second-order valence-corrected chi connectivity index (χ2v) is 4.25. The van der Waals surface area contributed by atoms with Gasteiger partial charge in [0.25, 0.3) is 0 Å². The molecule has 15 heavy (non-hydrogen) atoms. The monoisotopic (exact) mass is 210 g/mol. The summed E-state index contributed by atoms with van der Waals surface area (Å²) >= 11 is 0. The zero-order chi connectivity index (χ0) is 11.0. The van der Waals surface area contributed by atoms with Gasteiger partial charge in [-0.25, -0.2) is 0 Å². The molecular weight excluding hydrogens is 196 g/mol. The highest BCUT2D eigenvalue weighted by molar-refractivity contribution is 5.87. The molecule has 4 heteroatoms. The summed E-state index contributed by atoms with van der Waals surface area (Å²) in [7, 11) is 0. The smallest absolute Gasteiger partial charge is 0.306 e. The number of aliphatic hydroxyl groups is 1.